The molecule has 2 aliphatic rings. The molecule has 132 valence electrons. The van der Waals surface area contributed by atoms with E-state index in [1.54, 1.807) is 19.9 Å². The van der Waals surface area contributed by atoms with Crippen LogP contribution in [0.25, 0.3) is 6.08 Å². The Morgan fingerprint density at radius 2 is 2.00 bits per heavy atom. The van der Waals surface area contributed by atoms with Gasteiger partial charge in [-0.1, -0.05) is 22.0 Å². The van der Waals surface area contributed by atoms with Gasteiger partial charge in [-0.05, 0) is 43.7 Å². The molecule has 0 fully saturated rings. The average molecular weight is 407 g/mol. The highest BCUT2D eigenvalue weighted by Gasteiger charge is 2.41. The van der Waals surface area contributed by atoms with Gasteiger partial charge in [0.1, 0.15) is 17.8 Å². The Bertz CT molecular complexity index is 765. The fourth-order valence-corrected chi connectivity index (χ4v) is 3.50. The second-order valence-electron chi connectivity index (χ2n) is 5.73. The fourth-order valence-electron chi connectivity index (χ4n) is 3.12. The van der Waals surface area contributed by atoms with Crippen molar-refractivity contribution in [3.8, 4) is 5.75 Å². The van der Waals surface area contributed by atoms with Crippen molar-refractivity contribution >= 4 is 33.9 Å². The van der Waals surface area contributed by atoms with Gasteiger partial charge in [0.05, 0.1) is 18.8 Å². The van der Waals surface area contributed by atoms with E-state index in [2.05, 4.69) is 15.9 Å². The molecular weight excluding hydrogens is 388 g/mol. The summed E-state index contributed by atoms with van der Waals surface area (Å²) >= 11 is 3.44. The molecule has 1 aromatic carbocycles. The van der Waals surface area contributed by atoms with Gasteiger partial charge >= 0.3 is 11.9 Å². The minimum atomic E-state index is -0.801. The van der Waals surface area contributed by atoms with Crippen molar-refractivity contribution < 1.29 is 23.8 Å². The number of fused-ring (bicyclic) bond motifs is 2. The van der Waals surface area contributed by atoms with Crippen molar-refractivity contribution in [1.82, 2.24) is 0 Å². The molecule has 0 radical (unpaired) electrons. The fraction of sp³-hybridized carbons (Fsp3) is 0.368. The highest BCUT2D eigenvalue weighted by Crippen LogP contribution is 2.41. The first-order chi connectivity index (χ1) is 12.0. The van der Waals surface area contributed by atoms with E-state index in [4.69, 9.17) is 14.2 Å². The first kappa shape index (κ1) is 17.7. The number of carbonyl (C=O) groups excluding carboxylic acids is 2. The molecule has 6 heteroatoms. The molecule has 0 aromatic heterocycles. The Kier molecular flexibility index (Phi) is 5.27. The Morgan fingerprint density at radius 3 is 2.72 bits per heavy atom. The first-order valence-corrected chi connectivity index (χ1v) is 9.06. The Morgan fingerprint density at radius 1 is 1.24 bits per heavy atom. The van der Waals surface area contributed by atoms with Gasteiger partial charge in [0, 0.05) is 16.5 Å². The van der Waals surface area contributed by atoms with E-state index in [9.17, 15) is 9.59 Å². The van der Waals surface area contributed by atoms with Crippen LogP contribution in [0.5, 0.6) is 5.75 Å². The molecule has 0 bridgehead atoms. The Hall–Kier alpha value is -2.08. The van der Waals surface area contributed by atoms with Crippen LogP contribution >= 0.6 is 15.9 Å². The van der Waals surface area contributed by atoms with Crippen LogP contribution in [-0.2, 0) is 19.1 Å². The summed E-state index contributed by atoms with van der Waals surface area (Å²) in [4.78, 5) is 24.9. The number of carbonyl (C=O) groups is 2. The van der Waals surface area contributed by atoms with E-state index < -0.39 is 17.9 Å². The summed E-state index contributed by atoms with van der Waals surface area (Å²) in [5.41, 5.74) is 1.92. The number of hydrogen-bond acceptors (Lipinski definition) is 5. The lowest BCUT2D eigenvalue weighted by Crippen LogP contribution is -2.37. The van der Waals surface area contributed by atoms with Crippen LogP contribution < -0.4 is 4.74 Å². The standard InChI is InChI=1S/C19H19BrO5/c1-3-23-18(21)13-6-8-16-14(17(13)19(22)24-4-2)10-11-9-12(20)5-7-15(11)25-16/h5-7,9-10,16-17H,3-4,8H2,1-2H3/t16-,17-/m1/s1. The number of ether oxygens (including phenoxy) is 3. The van der Waals surface area contributed by atoms with Crippen molar-refractivity contribution in [2.45, 2.75) is 26.4 Å². The van der Waals surface area contributed by atoms with Gasteiger partial charge in [-0.3, -0.25) is 4.79 Å². The van der Waals surface area contributed by atoms with E-state index in [-0.39, 0.29) is 19.3 Å². The lowest BCUT2D eigenvalue weighted by atomic mass is 9.79. The maximum absolute atomic E-state index is 12.6. The predicted molar refractivity (Wildman–Crippen MR) is 96.0 cm³/mol. The predicted octanol–water partition coefficient (Wildman–Crippen LogP) is 3.67. The number of hydrogen-bond donors (Lipinski definition) is 0. The van der Waals surface area contributed by atoms with Crippen LogP contribution in [0.3, 0.4) is 0 Å². The molecule has 25 heavy (non-hydrogen) atoms. The highest BCUT2D eigenvalue weighted by molar-refractivity contribution is 9.10. The minimum Gasteiger partial charge on any atom is -0.485 e. The summed E-state index contributed by atoms with van der Waals surface area (Å²) in [6, 6.07) is 5.71. The van der Waals surface area contributed by atoms with Crippen LogP contribution in [-0.4, -0.2) is 31.3 Å². The van der Waals surface area contributed by atoms with Crippen molar-refractivity contribution in [1.29, 1.82) is 0 Å². The summed E-state index contributed by atoms with van der Waals surface area (Å²) in [5.74, 6) is -0.989. The highest BCUT2D eigenvalue weighted by atomic mass is 79.9. The van der Waals surface area contributed by atoms with E-state index in [1.165, 1.54) is 0 Å². The third kappa shape index (κ3) is 3.49. The molecule has 5 nitrogen and oxygen atoms in total. The molecule has 0 amide bonds. The summed E-state index contributed by atoms with van der Waals surface area (Å²) in [6.07, 6.45) is 3.86. The summed E-state index contributed by atoms with van der Waals surface area (Å²) in [6.45, 7) is 3.97. The zero-order valence-electron chi connectivity index (χ0n) is 14.1. The number of halogens is 1. The maximum atomic E-state index is 12.6. The molecule has 0 saturated carbocycles. The Balaban J connectivity index is 2.05. The molecule has 0 N–H and O–H groups in total. The monoisotopic (exact) mass is 406 g/mol. The molecule has 0 spiro atoms. The van der Waals surface area contributed by atoms with Gasteiger partial charge in [-0.25, -0.2) is 4.79 Å². The molecule has 2 atom stereocenters. The number of benzene rings is 1. The molecule has 3 rings (SSSR count). The van der Waals surface area contributed by atoms with Crippen LogP contribution in [0.4, 0.5) is 0 Å². The van der Waals surface area contributed by atoms with Crippen molar-refractivity contribution in [2.75, 3.05) is 13.2 Å². The van der Waals surface area contributed by atoms with Gasteiger partial charge in [0.2, 0.25) is 0 Å². The smallest absolute Gasteiger partial charge is 0.334 e. The SMILES string of the molecule is CCOC(=O)C1=CC[C@H]2Oc3ccc(Br)cc3C=C2[C@@H]1C(=O)OCC. The van der Waals surface area contributed by atoms with Crippen molar-refractivity contribution in [2.24, 2.45) is 5.92 Å². The Labute approximate surface area is 154 Å². The molecule has 1 aliphatic carbocycles. The van der Waals surface area contributed by atoms with E-state index in [0.717, 1.165) is 21.4 Å². The summed E-state index contributed by atoms with van der Waals surface area (Å²) < 4.78 is 17.3. The van der Waals surface area contributed by atoms with Crippen LogP contribution in [0, 0.1) is 5.92 Å². The number of esters is 2. The molecule has 1 aliphatic heterocycles. The quantitative estimate of drug-likeness (QED) is 0.713. The summed E-state index contributed by atoms with van der Waals surface area (Å²) in [5, 5.41) is 0. The largest absolute Gasteiger partial charge is 0.485 e. The molecule has 1 heterocycles. The normalized spacial score (nSPS) is 21.1. The van der Waals surface area contributed by atoms with Gasteiger partial charge in [0.15, 0.2) is 0 Å². The second-order valence-corrected chi connectivity index (χ2v) is 6.65. The van der Waals surface area contributed by atoms with Crippen LogP contribution in [0.2, 0.25) is 0 Å². The zero-order valence-corrected chi connectivity index (χ0v) is 15.7. The summed E-state index contributed by atoms with van der Waals surface area (Å²) in [7, 11) is 0. The second kappa shape index (κ2) is 7.44. The minimum absolute atomic E-state index is 0.242. The first-order valence-electron chi connectivity index (χ1n) is 8.26. The topological polar surface area (TPSA) is 61.8 Å². The molecule has 0 unspecified atom stereocenters. The maximum Gasteiger partial charge on any atom is 0.334 e. The van der Waals surface area contributed by atoms with Crippen molar-refractivity contribution in [3.05, 3.63) is 45.5 Å². The molecule has 1 aromatic rings. The zero-order chi connectivity index (χ0) is 18.0. The van der Waals surface area contributed by atoms with Gasteiger partial charge in [-0.2, -0.15) is 0 Å². The van der Waals surface area contributed by atoms with E-state index in [1.807, 2.05) is 24.3 Å². The third-order valence-electron chi connectivity index (χ3n) is 4.16. The van der Waals surface area contributed by atoms with Gasteiger partial charge in [0.25, 0.3) is 0 Å². The molecular formula is C19H19BrO5. The molecule has 0 saturated heterocycles. The van der Waals surface area contributed by atoms with Crippen LogP contribution in [0.15, 0.2) is 39.9 Å². The number of rotatable bonds is 4. The van der Waals surface area contributed by atoms with Gasteiger partial charge in [-0.15, -0.1) is 0 Å². The van der Waals surface area contributed by atoms with E-state index >= 15 is 0 Å². The third-order valence-corrected chi connectivity index (χ3v) is 4.66. The van der Waals surface area contributed by atoms with Crippen molar-refractivity contribution in [3.63, 3.8) is 0 Å². The van der Waals surface area contributed by atoms with Crippen LogP contribution in [0.1, 0.15) is 25.8 Å². The average Bonchev–Trinajstić information content (AvgIpc) is 2.59. The van der Waals surface area contributed by atoms with E-state index in [0.29, 0.717) is 12.0 Å². The lowest BCUT2D eigenvalue weighted by Gasteiger charge is -2.34. The van der Waals surface area contributed by atoms with Gasteiger partial charge < -0.3 is 14.2 Å². The lowest BCUT2D eigenvalue weighted by molar-refractivity contribution is -0.149.